The molecule has 0 aromatic heterocycles. The molecule has 0 amide bonds. The molecule has 0 aliphatic rings. The fourth-order valence-corrected chi connectivity index (χ4v) is 1.74. The van der Waals surface area contributed by atoms with Gasteiger partial charge in [-0.1, -0.05) is 23.7 Å². The summed E-state index contributed by atoms with van der Waals surface area (Å²) in [4.78, 5) is 10.7. The van der Waals surface area contributed by atoms with E-state index in [2.05, 4.69) is 0 Å². The first-order valence-electron chi connectivity index (χ1n) is 6.41. The number of rotatable bonds is 6. The largest absolute Gasteiger partial charge is 0.489 e. The van der Waals surface area contributed by atoms with Crippen LogP contribution in [0.4, 0.5) is 0 Å². The molecule has 110 valence electrons. The zero-order valence-corrected chi connectivity index (χ0v) is 12.2. The summed E-state index contributed by atoms with van der Waals surface area (Å²) >= 11 is 5.81. The first-order chi connectivity index (χ1) is 10.0. The molecule has 1 unspecified atom stereocenters. The van der Waals surface area contributed by atoms with Crippen molar-refractivity contribution >= 4 is 17.6 Å². The molecule has 0 bridgehead atoms. The number of carboxylic acids is 1. The Kier molecular flexibility index (Phi) is 5.06. The monoisotopic (exact) mass is 306 g/mol. The Labute approximate surface area is 127 Å². The van der Waals surface area contributed by atoms with Crippen molar-refractivity contribution in [2.45, 2.75) is 19.6 Å². The Morgan fingerprint density at radius 1 is 1.10 bits per heavy atom. The predicted octanol–water partition coefficient (Wildman–Crippen LogP) is 3.77. The van der Waals surface area contributed by atoms with Gasteiger partial charge in [0.15, 0.2) is 6.10 Å². The van der Waals surface area contributed by atoms with Crippen molar-refractivity contribution in [3.05, 3.63) is 59.1 Å². The molecule has 0 heterocycles. The highest BCUT2D eigenvalue weighted by atomic mass is 35.5. The van der Waals surface area contributed by atoms with E-state index in [-0.39, 0.29) is 0 Å². The van der Waals surface area contributed by atoms with E-state index in [4.69, 9.17) is 26.2 Å². The number of hydrogen-bond acceptors (Lipinski definition) is 3. The van der Waals surface area contributed by atoms with Gasteiger partial charge < -0.3 is 14.6 Å². The third-order valence-corrected chi connectivity index (χ3v) is 3.06. The third-order valence-electron chi connectivity index (χ3n) is 2.80. The van der Waals surface area contributed by atoms with Crippen LogP contribution in [-0.2, 0) is 11.4 Å². The maximum atomic E-state index is 10.7. The molecular formula is C16H15ClO4. The highest BCUT2D eigenvalue weighted by molar-refractivity contribution is 6.30. The highest BCUT2D eigenvalue weighted by Gasteiger charge is 2.12. The number of carboxylic acid groups (broad SMARTS) is 1. The van der Waals surface area contributed by atoms with Crippen LogP contribution in [0.15, 0.2) is 48.5 Å². The maximum Gasteiger partial charge on any atom is 0.344 e. The smallest absolute Gasteiger partial charge is 0.344 e. The molecule has 0 saturated carbocycles. The number of benzene rings is 2. The van der Waals surface area contributed by atoms with E-state index in [1.165, 1.54) is 6.92 Å². The predicted molar refractivity (Wildman–Crippen MR) is 80.0 cm³/mol. The van der Waals surface area contributed by atoms with Gasteiger partial charge in [-0.05, 0) is 48.9 Å². The van der Waals surface area contributed by atoms with E-state index in [0.717, 1.165) is 5.56 Å². The van der Waals surface area contributed by atoms with Crippen LogP contribution in [0.2, 0.25) is 5.02 Å². The fourth-order valence-electron chi connectivity index (χ4n) is 1.62. The van der Waals surface area contributed by atoms with Crippen LogP contribution in [0.1, 0.15) is 12.5 Å². The van der Waals surface area contributed by atoms with Crippen LogP contribution in [0.5, 0.6) is 11.5 Å². The average Bonchev–Trinajstić information content (AvgIpc) is 2.48. The van der Waals surface area contributed by atoms with Gasteiger partial charge >= 0.3 is 5.97 Å². The van der Waals surface area contributed by atoms with Gasteiger partial charge in [-0.2, -0.15) is 0 Å². The molecular weight excluding hydrogens is 292 g/mol. The van der Waals surface area contributed by atoms with E-state index >= 15 is 0 Å². The molecule has 5 heteroatoms. The van der Waals surface area contributed by atoms with E-state index in [1.54, 1.807) is 24.3 Å². The van der Waals surface area contributed by atoms with Crippen molar-refractivity contribution in [1.82, 2.24) is 0 Å². The summed E-state index contributed by atoms with van der Waals surface area (Å²) in [5.41, 5.74) is 1.01. The van der Waals surface area contributed by atoms with Crippen molar-refractivity contribution < 1.29 is 19.4 Å². The lowest BCUT2D eigenvalue weighted by molar-refractivity contribution is -0.144. The van der Waals surface area contributed by atoms with Crippen molar-refractivity contribution in [1.29, 1.82) is 0 Å². The van der Waals surface area contributed by atoms with Gasteiger partial charge in [0.2, 0.25) is 0 Å². The van der Waals surface area contributed by atoms with Crippen molar-refractivity contribution in [3.8, 4) is 11.5 Å². The number of aliphatic carboxylic acids is 1. The van der Waals surface area contributed by atoms with E-state index in [9.17, 15) is 4.79 Å². The minimum absolute atomic E-state index is 0.433. The van der Waals surface area contributed by atoms with Gasteiger partial charge in [0.1, 0.15) is 18.1 Å². The summed E-state index contributed by atoms with van der Waals surface area (Å²) in [6.45, 7) is 1.91. The normalized spacial score (nSPS) is 11.7. The summed E-state index contributed by atoms with van der Waals surface area (Å²) < 4.78 is 10.9. The lowest BCUT2D eigenvalue weighted by Gasteiger charge is -2.11. The van der Waals surface area contributed by atoms with Gasteiger partial charge in [0.05, 0.1) is 0 Å². The molecule has 0 aliphatic heterocycles. The van der Waals surface area contributed by atoms with Crippen LogP contribution >= 0.6 is 11.6 Å². The molecule has 0 saturated heterocycles. The van der Waals surface area contributed by atoms with E-state index < -0.39 is 12.1 Å². The van der Waals surface area contributed by atoms with Crippen LogP contribution in [0.25, 0.3) is 0 Å². The van der Waals surface area contributed by atoms with Gasteiger partial charge in [0.25, 0.3) is 0 Å². The Bertz CT molecular complexity index is 593. The van der Waals surface area contributed by atoms with Gasteiger partial charge in [-0.25, -0.2) is 4.79 Å². The minimum atomic E-state index is -1.00. The first-order valence-corrected chi connectivity index (χ1v) is 6.79. The third kappa shape index (κ3) is 4.68. The molecule has 2 aromatic rings. The molecule has 2 rings (SSSR count). The molecule has 1 atom stereocenters. The van der Waals surface area contributed by atoms with E-state index in [0.29, 0.717) is 23.1 Å². The number of hydrogen-bond donors (Lipinski definition) is 1. The maximum absolute atomic E-state index is 10.7. The lowest BCUT2D eigenvalue weighted by atomic mass is 10.2. The molecule has 2 aromatic carbocycles. The summed E-state index contributed by atoms with van der Waals surface area (Å²) in [5, 5.41) is 9.46. The zero-order chi connectivity index (χ0) is 15.2. The van der Waals surface area contributed by atoms with Crippen LogP contribution < -0.4 is 9.47 Å². The number of carbonyl (C=O) groups is 1. The summed E-state index contributed by atoms with van der Waals surface area (Å²) in [5.74, 6) is 0.169. The molecule has 0 radical (unpaired) electrons. The molecule has 0 spiro atoms. The zero-order valence-electron chi connectivity index (χ0n) is 11.5. The summed E-state index contributed by atoms with van der Waals surface area (Å²) in [7, 11) is 0. The Morgan fingerprint density at radius 2 is 1.67 bits per heavy atom. The molecule has 4 nitrogen and oxygen atoms in total. The van der Waals surface area contributed by atoms with Gasteiger partial charge in [-0.15, -0.1) is 0 Å². The second kappa shape index (κ2) is 6.99. The molecule has 1 N–H and O–H groups in total. The van der Waals surface area contributed by atoms with Gasteiger partial charge in [-0.3, -0.25) is 0 Å². The first kappa shape index (κ1) is 15.2. The minimum Gasteiger partial charge on any atom is -0.489 e. The van der Waals surface area contributed by atoms with Crippen molar-refractivity contribution in [2.24, 2.45) is 0 Å². The second-order valence-corrected chi connectivity index (χ2v) is 4.92. The van der Waals surface area contributed by atoms with Gasteiger partial charge in [0, 0.05) is 5.02 Å². The number of halogens is 1. The second-order valence-electron chi connectivity index (χ2n) is 4.48. The SMILES string of the molecule is CC(Oc1ccc(OCc2ccc(Cl)cc2)cc1)C(=O)O. The fraction of sp³-hybridized carbons (Fsp3) is 0.188. The lowest BCUT2D eigenvalue weighted by Crippen LogP contribution is -2.22. The molecule has 21 heavy (non-hydrogen) atoms. The Morgan fingerprint density at radius 3 is 2.24 bits per heavy atom. The van der Waals surface area contributed by atoms with E-state index in [1.807, 2.05) is 24.3 Å². The van der Waals surface area contributed by atoms with Crippen LogP contribution in [0.3, 0.4) is 0 Å². The van der Waals surface area contributed by atoms with Crippen molar-refractivity contribution in [2.75, 3.05) is 0 Å². The quantitative estimate of drug-likeness (QED) is 0.882. The summed E-state index contributed by atoms with van der Waals surface area (Å²) in [6.07, 6.45) is -0.883. The highest BCUT2D eigenvalue weighted by Crippen LogP contribution is 2.20. The topological polar surface area (TPSA) is 55.8 Å². The Balaban J connectivity index is 1.90. The molecule has 0 aliphatic carbocycles. The standard InChI is InChI=1S/C16H15ClO4/c1-11(16(18)19)21-15-8-6-14(7-9-15)20-10-12-2-4-13(17)5-3-12/h2-9,11H,10H2,1H3,(H,18,19). The van der Waals surface area contributed by atoms with Crippen LogP contribution in [0, 0.1) is 0 Å². The molecule has 0 fully saturated rings. The van der Waals surface area contributed by atoms with Crippen molar-refractivity contribution in [3.63, 3.8) is 0 Å². The summed E-state index contributed by atoms with van der Waals surface area (Å²) in [6, 6.07) is 14.2. The average molecular weight is 307 g/mol. The Hall–Kier alpha value is -2.20. The van der Waals surface area contributed by atoms with Crippen LogP contribution in [-0.4, -0.2) is 17.2 Å². The number of ether oxygens (including phenoxy) is 2.